The fraction of sp³-hybridized carbons (Fsp3) is 0.583. The molecule has 94 valence electrons. The number of hydrogen-bond donors (Lipinski definition) is 1. The van der Waals surface area contributed by atoms with Crippen molar-refractivity contribution in [3.05, 3.63) is 22.3 Å². The zero-order valence-electron chi connectivity index (χ0n) is 9.75. The Kier molecular flexibility index (Phi) is 4.83. The van der Waals surface area contributed by atoms with Crippen LogP contribution in [0.4, 0.5) is 5.82 Å². The lowest BCUT2D eigenvalue weighted by Crippen LogP contribution is -2.26. The lowest BCUT2D eigenvalue weighted by Gasteiger charge is -2.21. The van der Waals surface area contributed by atoms with Gasteiger partial charge < -0.3 is 5.32 Å². The molecular formula is C12H16Cl2N2S. The molecule has 0 radical (unpaired) electrons. The average molecular weight is 291 g/mol. The molecule has 2 rings (SSSR count). The molecule has 0 saturated heterocycles. The molecule has 1 aliphatic rings. The Morgan fingerprint density at radius 2 is 2.29 bits per heavy atom. The number of halogens is 2. The van der Waals surface area contributed by atoms with E-state index in [1.54, 1.807) is 12.3 Å². The molecule has 1 aromatic heterocycles. The number of anilines is 1. The van der Waals surface area contributed by atoms with Gasteiger partial charge in [-0.2, -0.15) is 11.8 Å². The van der Waals surface area contributed by atoms with E-state index in [9.17, 15) is 0 Å². The van der Waals surface area contributed by atoms with Crippen molar-refractivity contribution in [1.29, 1.82) is 0 Å². The van der Waals surface area contributed by atoms with E-state index in [-0.39, 0.29) is 0 Å². The highest BCUT2D eigenvalue weighted by molar-refractivity contribution is 7.99. The molecule has 1 N–H and O–H groups in total. The maximum Gasteiger partial charge on any atom is 0.145 e. The van der Waals surface area contributed by atoms with Gasteiger partial charge in [0.25, 0.3) is 0 Å². The van der Waals surface area contributed by atoms with E-state index in [1.165, 1.54) is 19.3 Å². The molecule has 1 aliphatic carbocycles. The first-order valence-corrected chi connectivity index (χ1v) is 7.70. The first-order valence-electron chi connectivity index (χ1n) is 5.90. The Hall–Kier alpha value is -0.120. The summed E-state index contributed by atoms with van der Waals surface area (Å²) in [6, 6.07) is 2.21. The molecule has 0 bridgehead atoms. The highest BCUT2D eigenvalue weighted by Gasteiger charge is 2.27. The maximum absolute atomic E-state index is 6.12. The van der Waals surface area contributed by atoms with Crippen molar-refractivity contribution in [3.8, 4) is 0 Å². The van der Waals surface area contributed by atoms with Gasteiger partial charge in [-0.1, -0.05) is 36.5 Å². The zero-order valence-corrected chi connectivity index (χ0v) is 12.1. The zero-order chi connectivity index (χ0) is 12.3. The number of pyridine rings is 1. The van der Waals surface area contributed by atoms with Gasteiger partial charge in [-0.25, -0.2) is 4.98 Å². The van der Waals surface area contributed by atoms with Crippen LogP contribution in [0.25, 0.3) is 0 Å². The van der Waals surface area contributed by atoms with E-state index in [2.05, 4.69) is 17.2 Å². The Balaban J connectivity index is 2.04. The van der Waals surface area contributed by atoms with Gasteiger partial charge in [0.2, 0.25) is 0 Å². The Morgan fingerprint density at radius 3 is 3.00 bits per heavy atom. The topological polar surface area (TPSA) is 24.9 Å². The normalized spacial score (nSPS) is 23.9. The second-order valence-corrected chi connectivity index (χ2v) is 6.52. The second-order valence-electron chi connectivity index (χ2n) is 4.16. The van der Waals surface area contributed by atoms with Crippen LogP contribution in [0.2, 0.25) is 10.0 Å². The molecule has 0 amide bonds. The van der Waals surface area contributed by atoms with Crippen LogP contribution in [0.1, 0.15) is 26.2 Å². The molecule has 0 spiro atoms. The van der Waals surface area contributed by atoms with Crippen LogP contribution < -0.4 is 5.32 Å². The van der Waals surface area contributed by atoms with Crippen LogP contribution in [0.3, 0.4) is 0 Å². The standard InChI is InChI=1S/C12H16Cl2N2S/c1-2-17-11-5-3-4-10(11)16-12-9(14)6-8(13)7-15-12/h6-7,10-11H,2-5H2,1H3,(H,15,16). The van der Waals surface area contributed by atoms with Crippen LogP contribution in [-0.4, -0.2) is 22.0 Å². The van der Waals surface area contributed by atoms with E-state index in [4.69, 9.17) is 23.2 Å². The van der Waals surface area contributed by atoms with E-state index < -0.39 is 0 Å². The van der Waals surface area contributed by atoms with Crippen molar-refractivity contribution in [3.63, 3.8) is 0 Å². The van der Waals surface area contributed by atoms with E-state index in [0.29, 0.717) is 21.3 Å². The summed E-state index contributed by atoms with van der Waals surface area (Å²) in [5.74, 6) is 1.91. The first-order chi connectivity index (χ1) is 8.20. The third-order valence-corrected chi connectivity index (χ3v) is 4.78. The molecule has 2 atom stereocenters. The maximum atomic E-state index is 6.12. The summed E-state index contributed by atoms with van der Waals surface area (Å²) in [5, 5.41) is 5.30. The molecule has 0 aliphatic heterocycles. The van der Waals surface area contributed by atoms with Gasteiger partial charge in [-0.15, -0.1) is 0 Å². The number of thioether (sulfide) groups is 1. The predicted octanol–water partition coefficient (Wildman–Crippen LogP) is 4.47. The molecule has 17 heavy (non-hydrogen) atoms. The Bertz CT molecular complexity index is 387. The summed E-state index contributed by atoms with van der Waals surface area (Å²) >= 11 is 14.0. The summed E-state index contributed by atoms with van der Waals surface area (Å²) in [6.45, 7) is 2.20. The van der Waals surface area contributed by atoms with Gasteiger partial charge in [0.05, 0.1) is 10.0 Å². The van der Waals surface area contributed by atoms with E-state index in [1.807, 2.05) is 11.8 Å². The van der Waals surface area contributed by atoms with E-state index >= 15 is 0 Å². The van der Waals surface area contributed by atoms with Crippen molar-refractivity contribution in [2.24, 2.45) is 0 Å². The number of nitrogens with one attached hydrogen (secondary N) is 1. The quantitative estimate of drug-likeness (QED) is 0.885. The van der Waals surface area contributed by atoms with Crippen LogP contribution in [0.15, 0.2) is 12.3 Å². The van der Waals surface area contributed by atoms with Gasteiger partial charge in [-0.05, 0) is 24.7 Å². The van der Waals surface area contributed by atoms with Crippen molar-refractivity contribution in [2.45, 2.75) is 37.5 Å². The third kappa shape index (κ3) is 3.43. The molecule has 2 unspecified atom stereocenters. The van der Waals surface area contributed by atoms with Crippen LogP contribution in [0.5, 0.6) is 0 Å². The SMILES string of the molecule is CCSC1CCCC1Nc1ncc(Cl)cc1Cl. The minimum atomic E-state index is 0.478. The highest BCUT2D eigenvalue weighted by atomic mass is 35.5. The summed E-state index contributed by atoms with van der Waals surface area (Å²) in [5.41, 5.74) is 0. The third-order valence-electron chi connectivity index (χ3n) is 2.96. The van der Waals surface area contributed by atoms with Crippen molar-refractivity contribution < 1.29 is 0 Å². The lowest BCUT2D eigenvalue weighted by molar-refractivity contribution is 0.762. The molecule has 0 aromatic carbocycles. The molecule has 5 heteroatoms. The molecular weight excluding hydrogens is 275 g/mol. The summed E-state index contributed by atoms with van der Waals surface area (Å²) in [6.07, 6.45) is 5.38. The second kappa shape index (κ2) is 6.17. The fourth-order valence-corrected chi connectivity index (χ4v) is 3.83. The van der Waals surface area contributed by atoms with E-state index in [0.717, 1.165) is 11.6 Å². The minimum Gasteiger partial charge on any atom is -0.365 e. The summed E-state index contributed by atoms with van der Waals surface area (Å²) in [7, 11) is 0. The molecule has 1 heterocycles. The molecule has 1 aromatic rings. The number of nitrogens with zero attached hydrogens (tertiary/aromatic N) is 1. The van der Waals surface area contributed by atoms with Gasteiger partial charge in [0.1, 0.15) is 5.82 Å². The van der Waals surface area contributed by atoms with Crippen molar-refractivity contribution >= 4 is 40.8 Å². The fourth-order valence-electron chi connectivity index (χ4n) is 2.20. The number of rotatable bonds is 4. The van der Waals surface area contributed by atoms with Crippen molar-refractivity contribution in [2.75, 3.05) is 11.1 Å². The lowest BCUT2D eigenvalue weighted by atomic mass is 10.2. The van der Waals surface area contributed by atoms with Gasteiger partial charge in [0.15, 0.2) is 0 Å². The smallest absolute Gasteiger partial charge is 0.145 e. The van der Waals surface area contributed by atoms with Gasteiger partial charge in [-0.3, -0.25) is 0 Å². The minimum absolute atomic E-state index is 0.478. The number of aromatic nitrogens is 1. The summed E-state index contributed by atoms with van der Waals surface area (Å²) in [4.78, 5) is 4.25. The van der Waals surface area contributed by atoms with Crippen LogP contribution in [-0.2, 0) is 0 Å². The number of hydrogen-bond acceptors (Lipinski definition) is 3. The molecule has 1 fully saturated rings. The Labute approximate surface area is 116 Å². The Morgan fingerprint density at radius 1 is 1.47 bits per heavy atom. The van der Waals surface area contributed by atoms with Crippen molar-refractivity contribution in [1.82, 2.24) is 4.98 Å². The average Bonchev–Trinajstić information content (AvgIpc) is 2.71. The van der Waals surface area contributed by atoms with Crippen LogP contribution >= 0.6 is 35.0 Å². The predicted molar refractivity (Wildman–Crippen MR) is 77.4 cm³/mol. The van der Waals surface area contributed by atoms with Crippen LogP contribution in [0, 0.1) is 0 Å². The molecule has 1 saturated carbocycles. The molecule has 2 nitrogen and oxygen atoms in total. The van der Waals surface area contributed by atoms with Gasteiger partial charge >= 0.3 is 0 Å². The highest BCUT2D eigenvalue weighted by Crippen LogP contribution is 2.33. The monoisotopic (exact) mass is 290 g/mol. The largest absolute Gasteiger partial charge is 0.365 e. The van der Waals surface area contributed by atoms with Gasteiger partial charge in [0, 0.05) is 17.5 Å². The summed E-state index contributed by atoms with van der Waals surface area (Å²) < 4.78 is 0. The first kappa shape index (κ1) is 13.3.